The lowest BCUT2D eigenvalue weighted by atomic mass is 9.97. The second-order valence-corrected chi connectivity index (χ2v) is 9.12. The third-order valence-corrected chi connectivity index (χ3v) is 6.25. The normalized spacial score (nSPS) is 26.2. The number of ether oxygens (including phenoxy) is 2. The van der Waals surface area contributed by atoms with Gasteiger partial charge in [-0.1, -0.05) is 34.5 Å². The molecule has 0 unspecified atom stereocenters. The molecule has 0 saturated carbocycles. The first-order chi connectivity index (χ1) is 17.7. The lowest BCUT2D eigenvalue weighted by Crippen LogP contribution is -2.64. The van der Waals surface area contributed by atoms with Crippen LogP contribution in [0.1, 0.15) is 23.6 Å². The zero-order chi connectivity index (χ0) is 26.7. The van der Waals surface area contributed by atoms with Crippen molar-refractivity contribution in [3.63, 3.8) is 0 Å². The number of oxime groups is 1. The number of anilines is 1. The molecular weight excluding hydrogens is 482 g/mol. The van der Waals surface area contributed by atoms with Crippen LogP contribution in [0.4, 0.5) is 5.69 Å². The molecule has 0 radical (unpaired) electrons. The van der Waals surface area contributed by atoms with Crippen LogP contribution < -0.4 is 15.0 Å². The van der Waals surface area contributed by atoms with E-state index in [1.807, 2.05) is 50.2 Å². The Morgan fingerprint density at radius 3 is 2.49 bits per heavy atom. The number of carbonyl (C=O) groups is 2. The topological polar surface area (TPSA) is 150 Å². The first kappa shape index (κ1) is 26.6. The number of rotatable bonds is 8. The van der Waals surface area contributed by atoms with Crippen molar-refractivity contribution in [1.82, 2.24) is 5.32 Å². The lowest BCUT2D eigenvalue weighted by Gasteiger charge is -2.40. The molecule has 198 valence electrons. The molecule has 4 rings (SSSR count). The van der Waals surface area contributed by atoms with E-state index in [0.717, 1.165) is 11.1 Å². The van der Waals surface area contributed by atoms with Crippen LogP contribution in [0.15, 0.2) is 47.6 Å². The van der Waals surface area contributed by atoms with E-state index < -0.39 is 49.1 Å². The van der Waals surface area contributed by atoms with E-state index in [0.29, 0.717) is 17.0 Å². The largest absolute Gasteiger partial charge is 0.492 e. The molecule has 0 bridgehead atoms. The molecule has 2 heterocycles. The second kappa shape index (κ2) is 11.3. The molecular formula is C26H31N3O8. The van der Waals surface area contributed by atoms with Gasteiger partial charge in [0.15, 0.2) is 5.71 Å². The van der Waals surface area contributed by atoms with Crippen molar-refractivity contribution in [2.24, 2.45) is 5.16 Å². The van der Waals surface area contributed by atoms with E-state index in [2.05, 4.69) is 10.5 Å². The Morgan fingerprint density at radius 2 is 1.81 bits per heavy atom. The fourth-order valence-electron chi connectivity index (χ4n) is 4.29. The Hall–Kier alpha value is -3.51. The van der Waals surface area contributed by atoms with Crippen molar-refractivity contribution >= 4 is 23.2 Å². The van der Waals surface area contributed by atoms with Crippen LogP contribution >= 0.6 is 0 Å². The van der Waals surface area contributed by atoms with Gasteiger partial charge in [-0.3, -0.25) is 9.59 Å². The maximum Gasteiger partial charge on any atom is 0.281 e. The van der Waals surface area contributed by atoms with Gasteiger partial charge < -0.3 is 39.8 Å². The summed E-state index contributed by atoms with van der Waals surface area (Å²) < 4.78 is 11.3. The van der Waals surface area contributed by atoms with Crippen LogP contribution in [-0.4, -0.2) is 83.2 Å². The molecule has 1 saturated heterocycles. The summed E-state index contributed by atoms with van der Waals surface area (Å²) in [5, 5.41) is 36.7. The predicted molar refractivity (Wildman–Crippen MR) is 133 cm³/mol. The minimum atomic E-state index is -1.50. The number of nitrogens with one attached hydrogen (secondary N) is 1. The van der Waals surface area contributed by atoms with E-state index in [1.165, 1.54) is 11.8 Å². The molecule has 2 amide bonds. The highest BCUT2D eigenvalue weighted by molar-refractivity contribution is 6.54. The number of aryl methyl sites for hydroxylation is 2. The van der Waals surface area contributed by atoms with E-state index in [-0.39, 0.29) is 18.9 Å². The number of aliphatic hydroxyl groups is 3. The zero-order valence-corrected chi connectivity index (χ0v) is 20.8. The van der Waals surface area contributed by atoms with Gasteiger partial charge in [-0.25, -0.2) is 0 Å². The van der Waals surface area contributed by atoms with E-state index in [9.17, 15) is 24.9 Å². The quantitative estimate of drug-likeness (QED) is 0.371. The van der Waals surface area contributed by atoms with Crippen LogP contribution in [0.25, 0.3) is 0 Å². The van der Waals surface area contributed by atoms with E-state index in [1.54, 1.807) is 6.07 Å². The second-order valence-electron chi connectivity index (χ2n) is 9.12. The molecule has 11 nitrogen and oxygen atoms in total. The Kier molecular flexibility index (Phi) is 8.08. The van der Waals surface area contributed by atoms with Crippen molar-refractivity contribution in [3.05, 3.63) is 59.2 Å². The van der Waals surface area contributed by atoms with Gasteiger partial charge in [0.05, 0.1) is 18.8 Å². The van der Waals surface area contributed by atoms with Crippen molar-refractivity contribution in [2.45, 2.75) is 51.4 Å². The van der Waals surface area contributed by atoms with Gasteiger partial charge in [0.2, 0.25) is 12.2 Å². The lowest BCUT2D eigenvalue weighted by molar-refractivity contribution is -0.270. The average molecular weight is 514 g/mol. The summed E-state index contributed by atoms with van der Waals surface area (Å²) >= 11 is 0. The van der Waals surface area contributed by atoms with Gasteiger partial charge in [-0.2, -0.15) is 0 Å². The molecule has 2 aliphatic rings. The van der Waals surface area contributed by atoms with Crippen LogP contribution in [-0.2, 0) is 19.2 Å². The number of carbonyl (C=O) groups excluding carboxylic acids is 2. The fourth-order valence-corrected chi connectivity index (χ4v) is 4.29. The maximum atomic E-state index is 13.3. The average Bonchev–Trinajstić information content (AvgIpc) is 3.12. The minimum Gasteiger partial charge on any atom is -0.492 e. The van der Waals surface area contributed by atoms with Crippen molar-refractivity contribution < 1.29 is 39.2 Å². The van der Waals surface area contributed by atoms with Gasteiger partial charge >= 0.3 is 0 Å². The first-order valence-corrected chi connectivity index (χ1v) is 12.0. The van der Waals surface area contributed by atoms with Crippen molar-refractivity contribution in [2.75, 3.05) is 24.7 Å². The molecule has 5 atom stereocenters. The number of hydrogen-bond donors (Lipinski definition) is 4. The summed E-state index contributed by atoms with van der Waals surface area (Å²) in [5.74, 6) is -0.225. The fraction of sp³-hybridized carbons (Fsp3) is 0.423. The Bertz CT molecular complexity index is 1170. The molecule has 0 spiro atoms. The van der Waals surface area contributed by atoms with Crippen LogP contribution in [0.5, 0.6) is 5.75 Å². The Labute approximate surface area is 214 Å². The van der Waals surface area contributed by atoms with Crippen LogP contribution in [0.3, 0.4) is 0 Å². The molecule has 11 heteroatoms. The number of amides is 2. The highest BCUT2D eigenvalue weighted by Gasteiger charge is 2.46. The van der Waals surface area contributed by atoms with Crippen LogP contribution in [0, 0.1) is 13.8 Å². The minimum absolute atomic E-state index is 0.0142. The van der Waals surface area contributed by atoms with E-state index >= 15 is 0 Å². The Morgan fingerprint density at radius 1 is 1.11 bits per heavy atom. The molecule has 2 aromatic carbocycles. The molecule has 0 aliphatic carbocycles. The third-order valence-electron chi connectivity index (χ3n) is 6.25. The molecule has 1 fully saturated rings. The number of aliphatic hydroxyl groups excluding tert-OH is 3. The number of fused-ring (bicyclic) bond motifs is 1. The smallest absolute Gasteiger partial charge is 0.281 e. The molecule has 2 aliphatic heterocycles. The molecule has 0 aromatic heterocycles. The predicted octanol–water partition coefficient (Wildman–Crippen LogP) is 0.393. The van der Waals surface area contributed by atoms with Crippen LogP contribution in [0.2, 0.25) is 0 Å². The Balaban J connectivity index is 1.54. The monoisotopic (exact) mass is 513 g/mol. The highest BCUT2D eigenvalue weighted by Crippen LogP contribution is 2.31. The van der Waals surface area contributed by atoms with Crippen molar-refractivity contribution in [3.8, 4) is 5.75 Å². The summed E-state index contributed by atoms with van der Waals surface area (Å²) in [6.07, 6.45) is -5.50. The highest BCUT2D eigenvalue weighted by atomic mass is 16.8. The number of benzene rings is 2. The number of nitrogens with zero attached hydrogens (tertiary/aromatic N) is 2. The zero-order valence-electron chi connectivity index (χ0n) is 20.8. The van der Waals surface area contributed by atoms with Gasteiger partial charge in [0.25, 0.3) is 5.91 Å². The summed E-state index contributed by atoms with van der Waals surface area (Å²) in [6, 6.07) is 11.9. The summed E-state index contributed by atoms with van der Waals surface area (Å²) in [4.78, 5) is 32.1. The van der Waals surface area contributed by atoms with Gasteiger partial charge in [0.1, 0.15) is 36.7 Å². The SMILES string of the molecule is CC(=O)N[C@@H]1[C@H](O/N=C2\C(=O)N(CCOc3ccc(C)cc3)c3ccc(C)cc32)O[C@H](CO)[C@H](O)[C@H]1O. The van der Waals surface area contributed by atoms with Gasteiger partial charge in [-0.15, -0.1) is 0 Å². The van der Waals surface area contributed by atoms with Gasteiger partial charge in [0, 0.05) is 12.5 Å². The molecule has 2 aromatic rings. The summed E-state index contributed by atoms with van der Waals surface area (Å²) in [7, 11) is 0. The summed E-state index contributed by atoms with van der Waals surface area (Å²) in [6.45, 7) is 5.00. The van der Waals surface area contributed by atoms with E-state index in [4.69, 9.17) is 14.3 Å². The first-order valence-electron chi connectivity index (χ1n) is 12.0. The molecule has 37 heavy (non-hydrogen) atoms. The summed E-state index contributed by atoms with van der Waals surface area (Å²) in [5.41, 5.74) is 3.21. The number of hydrogen-bond acceptors (Lipinski definition) is 9. The van der Waals surface area contributed by atoms with Gasteiger partial charge in [-0.05, 0) is 38.1 Å². The van der Waals surface area contributed by atoms with Crippen molar-refractivity contribution in [1.29, 1.82) is 0 Å². The maximum absolute atomic E-state index is 13.3. The molecule has 4 N–H and O–H groups in total. The third kappa shape index (κ3) is 5.75. The standard InChI is InChI=1S/C26H31N3O8/c1-14-4-7-17(8-5-14)35-11-10-29-19-9-6-15(2)12-18(19)21(25(29)34)28-37-26-22(27-16(3)31)24(33)23(32)20(13-30)36-26/h4-9,12,20,22-24,26,30,32-33H,10-11,13H2,1-3H3,(H,27,31)/b28-21-/t20-,22+,23+,24+,26+/m1/s1.